The van der Waals surface area contributed by atoms with E-state index in [1.807, 2.05) is 6.07 Å². The highest BCUT2D eigenvalue weighted by Gasteiger charge is 2.21. The Labute approximate surface area is 74.2 Å². The monoisotopic (exact) mass is 186 g/mol. The first-order valence-corrected chi connectivity index (χ1v) is 4.21. The first-order chi connectivity index (χ1) is 5.06. The molecular formula is C7H7ClN2S. The molecule has 0 amide bonds. The molecule has 1 aromatic heterocycles. The maximum Gasteiger partial charge on any atom is 0.136 e. The molecule has 0 radical (unpaired) electrons. The highest BCUT2D eigenvalue weighted by Crippen LogP contribution is 2.28. The van der Waals surface area contributed by atoms with Crippen molar-refractivity contribution in [2.75, 3.05) is 0 Å². The molecule has 0 saturated carbocycles. The van der Waals surface area contributed by atoms with Crippen molar-refractivity contribution >= 4 is 22.9 Å². The number of halogens is 1. The van der Waals surface area contributed by atoms with Gasteiger partial charge in [-0.25, -0.2) is 0 Å². The standard InChI is InChI=1S/C7H7ClN2S/c1-7(10,4-9)5-2-3-6(8)11-5/h2-3H,10H2,1H3. The van der Waals surface area contributed by atoms with E-state index in [0.717, 1.165) is 4.88 Å². The van der Waals surface area contributed by atoms with Gasteiger partial charge in [-0.2, -0.15) is 5.26 Å². The van der Waals surface area contributed by atoms with Crippen molar-refractivity contribution < 1.29 is 0 Å². The van der Waals surface area contributed by atoms with Crippen LogP contribution < -0.4 is 5.73 Å². The molecule has 1 rings (SSSR count). The molecule has 58 valence electrons. The fraction of sp³-hybridized carbons (Fsp3) is 0.286. The second kappa shape index (κ2) is 2.82. The van der Waals surface area contributed by atoms with E-state index in [4.69, 9.17) is 22.6 Å². The second-order valence-electron chi connectivity index (χ2n) is 2.42. The smallest absolute Gasteiger partial charge is 0.136 e. The molecule has 0 aromatic carbocycles. The summed E-state index contributed by atoms with van der Waals surface area (Å²) in [5.41, 5.74) is 4.74. The third-order valence-electron chi connectivity index (χ3n) is 1.32. The van der Waals surface area contributed by atoms with Crippen molar-refractivity contribution in [1.82, 2.24) is 0 Å². The first-order valence-electron chi connectivity index (χ1n) is 3.02. The van der Waals surface area contributed by atoms with Crippen molar-refractivity contribution in [2.24, 2.45) is 5.73 Å². The lowest BCUT2D eigenvalue weighted by molar-refractivity contribution is 0.661. The third kappa shape index (κ3) is 1.72. The van der Waals surface area contributed by atoms with Gasteiger partial charge in [-0.05, 0) is 19.1 Å². The van der Waals surface area contributed by atoms with Crippen LogP contribution in [0.15, 0.2) is 12.1 Å². The van der Waals surface area contributed by atoms with E-state index in [0.29, 0.717) is 4.34 Å². The quantitative estimate of drug-likeness (QED) is 0.730. The topological polar surface area (TPSA) is 49.8 Å². The molecule has 0 aliphatic heterocycles. The summed E-state index contributed by atoms with van der Waals surface area (Å²) in [7, 11) is 0. The van der Waals surface area contributed by atoms with Crippen molar-refractivity contribution in [3.05, 3.63) is 21.3 Å². The van der Waals surface area contributed by atoms with Crippen LogP contribution in [0.1, 0.15) is 11.8 Å². The van der Waals surface area contributed by atoms with Gasteiger partial charge in [-0.1, -0.05) is 11.6 Å². The predicted molar refractivity (Wildman–Crippen MR) is 46.5 cm³/mol. The van der Waals surface area contributed by atoms with E-state index >= 15 is 0 Å². The van der Waals surface area contributed by atoms with Gasteiger partial charge in [0.05, 0.1) is 10.4 Å². The predicted octanol–water partition coefficient (Wildman–Crippen LogP) is 2.10. The lowest BCUT2D eigenvalue weighted by atomic mass is 10.1. The van der Waals surface area contributed by atoms with E-state index in [9.17, 15) is 0 Å². The number of thiophene rings is 1. The van der Waals surface area contributed by atoms with Crippen LogP contribution in [-0.4, -0.2) is 0 Å². The fourth-order valence-corrected chi connectivity index (χ4v) is 1.70. The van der Waals surface area contributed by atoms with Crippen LogP contribution in [0.25, 0.3) is 0 Å². The Morgan fingerprint density at radius 3 is 2.73 bits per heavy atom. The molecule has 0 fully saturated rings. The minimum absolute atomic E-state index is 0.659. The van der Waals surface area contributed by atoms with Crippen LogP contribution in [0, 0.1) is 11.3 Å². The Hall–Kier alpha value is -0.560. The van der Waals surface area contributed by atoms with Crippen LogP contribution in [0.5, 0.6) is 0 Å². The van der Waals surface area contributed by atoms with E-state index in [-0.39, 0.29) is 0 Å². The molecular weight excluding hydrogens is 180 g/mol. The zero-order valence-electron chi connectivity index (χ0n) is 5.97. The van der Waals surface area contributed by atoms with Gasteiger partial charge in [-0.15, -0.1) is 11.3 Å². The lowest BCUT2D eigenvalue weighted by Gasteiger charge is -2.11. The molecule has 0 aliphatic rings. The largest absolute Gasteiger partial charge is 0.309 e. The van der Waals surface area contributed by atoms with Gasteiger partial charge in [0, 0.05) is 4.88 Å². The van der Waals surface area contributed by atoms with Crippen LogP contribution in [-0.2, 0) is 5.54 Å². The van der Waals surface area contributed by atoms with Gasteiger partial charge in [0.15, 0.2) is 0 Å². The molecule has 0 aliphatic carbocycles. The number of nitrogens with two attached hydrogens (primary N) is 1. The maximum absolute atomic E-state index is 8.65. The van der Waals surface area contributed by atoms with E-state index in [2.05, 4.69) is 0 Å². The van der Waals surface area contributed by atoms with Crippen molar-refractivity contribution in [3.63, 3.8) is 0 Å². The number of nitriles is 1. The SMILES string of the molecule is CC(N)(C#N)c1ccc(Cl)s1. The number of hydrogen-bond acceptors (Lipinski definition) is 3. The van der Waals surface area contributed by atoms with Crippen molar-refractivity contribution in [3.8, 4) is 6.07 Å². The summed E-state index contributed by atoms with van der Waals surface area (Å²) in [5, 5.41) is 8.65. The van der Waals surface area contributed by atoms with Gasteiger partial charge >= 0.3 is 0 Å². The summed E-state index contributed by atoms with van der Waals surface area (Å²) < 4.78 is 0.659. The van der Waals surface area contributed by atoms with Gasteiger partial charge in [0.1, 0.15) is 5.54 Å². The Balaban J connectivity index is 3.04. The van der Waals surface area contributed by atoms with Crippen LogP contribution in [0.2, 0.25) is 4.34 Å². The third-order valence-corrected chi connectivity index (χ3v) is 2.79. The average molecular weight is 187 g/mol. The minimum Gasteiger partial charge on any atom is -0.309 e. The Kier molecular flexibility index (Phi) is 2.19. The van der Waals surface area contributed by atoms with Crippen LogP contribution in [0.4, 0.5) is 0 Å². The van der Waals surface area contributed by atoms with Gasteiger partial charge in [0.2, 0.25) is 0 Å². The summed E-state index contributed by atoms with van der Waals surface area (Å²) >= 11 is 7.01. The molecule has 1 aromatic rings. The minimum atomic E-state index is -0.905. The molecule has 2 N–H and O–H groups in total. The zero-order chi connectivity index (χ0) is 8.48. The first kappa shape index (κ1) is 8.54. The summed E-state index contributed by atoms with van der Waals surface area (Å²) in [4.78, 5) is 0.796. The number of rotatable bonds is 1. The zero-order valence-corrected chi connectivity index (χ0v) is 7.54. The second-order valence-corrected chi connectivity index (χ2v) is 4.13. The van der Waals surface area contributed by atoms with Crippen LogP contribution >= 0.6 is 22.9 Å². The number of nitrogens with zero attached hydrogens (tertiary/aromatic N) is 1. The molecule has 0 spiro atoms. The van der Waals surface area contributed by atoms with Crippen molar-refractivity contribution in [1.29, 1.82) is 5.26 Å². The number of hydrogen-bond donors (Lipinski definition) is 1. The summed E-state index contributed by atoms with van der Waals surface area (Å²) in [6, 6.07) is 5.51. The lowest BCUT2D eigenvalue weighted by Crippen LogP contribution is -2.29. The molecule has 2 nitrogen and oxygen atoms in total. The molecule has 0 bridgehead atoms. The van der Waals surface area contributed by atoms with Crippen molar-refractivity contribution in [2.45, 2.75) is 12.5 Å². The molecule has 0 saturated heterocycles. The Morgan fingerprint density at radius 1 is 1.73 bits per heavy atom. The maximum atomic E-state index is 8.65. The van der Waals surface area contributed by atoms with E-state index in [1.54, 1.807) is 19.1 Å². The van der Waals surface area contributed by atoms with E-state index in [1.165, 1.54) is 11.3 Å². The normalized spacial score (nSPS) is 15.5. The van der Waals surface area contributed by atoms with Gasteiger partial charge < -0.3 is 5.73 Å². The van der Waals surface area contributed by atoms with E-state index < -0.39 is 5.54 Å². The summed E-state index contributed by atoms with van der Waals surface area (Å²) in [6.45, 7) is 1.66. The van der Waals surface area contributed by atoms with Gasteiger partial charge in [-0.3, -0.25) is 0 Å². The fourth-order valence-electron chi connectivity index (χ4n) is 0.649. The molecule has 1 heterocycles. The highest BCUT2D eigenvalue weighted by molar-refractivity contribution is 7.16. The summed E-state index contributed by atoms with van der Waals surface area (Å²) in [5.74, 6) is 0. The Bertz CT molecular complexity index is 298. The molecule has 11 heavy (non-hydrogen) atoms. The van der Waals surface area contributed by atoms with Gasteiger partial charge in [0.25, 0.3) is 0 Å². The summed E-state index contributed by atoms with van der Waals surface area (Å²) in [6.07, 6.45) is 0. The molecule has 1 atom stereocenters. The Morgan fingerprint density at radius 2 is 2.36 bits per heavy atom. The average Bonchev–Trinajstić information content (AvgIpc) is 2.36. The van der Waals surface area contributed by atoms with Crippen LogP contribution in [0.3, 0.4) is 0 Å². The molecule has 4 heteroatoms. The molecule has 1 unspecified atom stereocenters. The highest BCUT2D eigenvalue weighted by atomic mass is 35.5.